The van der Waals surface area contributed by atoms with Crippen molar-refractivity contribution in [1.82, 2.24) is 0 Å². The van der Waals surface area contributed by atoms with E-state index in [1.165, 1.54) is 29.0 Å². The van der Waals surface area contributed by atoms with Crippen LogP contribution in [0.2, 0.25) is 0 Å². The third-order valence-electron chi connectivity index (χ3n) is 16.3. The quantitative estimate of drug-likeness (QED) is 0.0705. The molecule has 13 heteroatoms. The van der Waals surface area contributed by atoms with Crippen molar-refractivity contribution in [2.24, 2.45) is 0 Å². The maximum Gasteiger partial charge on any atom is 0.336 e. The van der Waals surface area contributed by atoms with Gasteiger partial charge in [0.2, 0.25) is 0 Å². The Balaban J connectivity index is 0.000000131. The molecule has 0 aliphatic heterocycles. The fourth-order valence-corrected chi connectivity index (χ4v) is 11.3. The summed E-state index contributed by atoms with van der Waals surface area (Å²) in [6, 6.07) is 89.5. The van der Waals surface area contributed by atoms with Gasteiger partial charge in [0.05, 0.1) is 0 Å². The van der Waals surface area contributed by atoms with Crippen molar-refractivity contribution < 1.29 is 46.1 Å². The lowest BCUT2D eigenvalue weighted by atomic mass is 10.0. The van der Waals surface area contributed by atoms with Gasteiger partial charge in [-0.05, 0) is 167 Å². The summed E-state index contributed by atoms with van der Waals surface area (Å²) in [6.45, 7) is 7.75. The van der Waals surface area contributed by atoms with Crippen molar-refractivity contribution in [2.45, 2.75) is 59.9 Å². The summed E-state index contributed by atoms with van der Waals surface area (Å²) in [5, 5.41) is 6.20. The second-order valence-electron chi connectivity index (χ2n) is 23.3. The van der Waals surface area contributed by atoms with Crippen LogP contribution in [0.3, 0.4) is 0 Å². The Morgan fingerprint density at radius 1 is 0.289 bits per heavy atom. The number of benzene rings is 11. The predicted octanol–water partition coefficient (Wildman–Crippen LogP) is 19.3. The van der Waals surface area contributed by atoms with Crippen LogP contribution < -0.4 is 45.3 Å². The van der Waals surface area contributed by atoms with Crippen LogP contribution in [-0.2, 0) is 33.0 Å². The van der Waals surface area contributed by atoms with Crippen LogP contribution in [0.5, 0.6) is 34.5 Å². The molecule has 0 bridgehead atoms. The lowest BCUT2D eigenvalue weighted by Crippen LogP contribution is -2.09. The molecular weight excluding hydrogens is 1220 g/mol. The molecule has 0 N–H and O–H groups in total. The molecule has 0 aliphatic rings. The molecule has 0 aliphatic carbocycles. The van der Waals surface area contributed by atoms with Gasteiger partial charge in [0.15, 0.2) is 0 Å². The molecule has 0 atom stereocenters. The molecule has 0 saturated heterocycles. The molecule has 13 nitrogen and oxygen atoms in total. The number of aryl methyl sites for hydroxylation is 3. The number of furan rings is 1. The molecule has 4 heterocycles. The number of hydrogen-bond donors (Lipinski definition) is 0. The van der Waals surface area contributed by atoms with Crippen molar-refractivity contribution in [1.29, 1.82) is 0 Å². The summed E-state index contributed by atoms with van der Waals surface area (Å²) in [5.41, 5.74) is 10.4. The normalized spacial score (nSPS) is 11.1. The Morgan fingerprint density at radius 2 is 0.670 bits per heavy atom. The van der Waals surface area contributed by atoms with Crippen LogP contribution >= 0.6 is 0 Å². The van der Waals surface area contributed by atoms with E-state index < -0.39 is 0 Å². The first kappa shape index (κ1) is 63.4. The lowest BCUT2D eigenvalue weighted by molar-refractivity contribution is 0.247. The van der Waals surface area contributed by atoms with Crippen LogP contribution in [0.4, 0.5) is 0 Å². The standard InChI is InChI=1S/C30H24O4.C28H22O4.C26H20O5/c1-21-18-29(31)34-28-19-26(16-17-27(21)28)32-20-22-12-14-25(15-13-22)33-30(23-8-4-2-5-9-23)24-10-6-3-7-11-24;1-19-15-28(29)32-27-16-24(13-14-25(19)27)30-17-20-9-11-23(12-10-20)31-18-22-7-4-6-21-5-2-3-8-26(21)22;1-17-12-26(27)31-25-14-21(10-11-23(17)25)28-15-18-6-8-20(9-7-18)29-16-22-13-19-4-2-3-5-24(19)30-22/h2-19,30H,20H2,1H3;2-16H,17-18H2,1H3;2-14H,15-16H2,1H3. The van der Waals surface area contributed by atoms with E-state index in [2.05, 4.69) is 54.6 Å². The molecule has 15 aromatic rings. The number of para-hydroxylation sites is 1. The van der Waals surface area contributed by atoms with Crippen molar-refractivity contribution >= 4 is 54.6 Å². The van der Waals surface area contributed by atoms with Gasteiger partial charge < -0.3 is 46.1 Å². The number of fused-ring (bicyclic) bond motifs is 5. The van der Waals surface area contributed by atoms with Gasteiger partial charge in [-0.3, -0.25) is 0 Å². The molecule has 97 heavy (non-hydrogen) atoms. The zero-order valence-corrected chi connectivity index (χ0v) is 53.5. The van der Waals surface area contributed by atoms with Gasteiger partial charge in [-0.2, -0.15) is 0 Å². The van der Waals surface area contributed by atoms with Crippen LogP contribution in [-0.4, -0.2) is 0 Å². The molecule has 0 radical (unpaired) electrons. The van der Waals surface area contributed by atoms with E-state index in [0.29, 0.717) is 67.0 Å². The Kier molecular flexibility index (Phi) is 19.4. The van der Waals surface area contributed by atoms with Gasteiger partial charge in [-0.1, -0.05) is 158 Å². The summed E-state index contributed by atoms with van der Waals surface area (Å²) in [4.78, 5) is 34.9. The topological polar surface area (TPSA) is 159 Å². The summed E-state index contributed by atoms with van der Waals surface area (Å²) in [5.74, 6) is 5.08. The first-order chi connectivity index (χ1) is 47.4. The van der Waals surface area contributed by atoms with E-state index in [-0.39, 0.29) is 23.0 Å². The first-order valence-corrected chi connectivity index (χ1v) is 31.7. The minimum atomic E-state index is -0.361. The maximum absolute atomic E-state index is 11.7. The maximum atomic E-state index is 11.7. The average molecular weight is 1280 g/mol. The van der Waals surface area contributed by atoms with Crippen LogP contribution in [0, 0.1) is 20.8 Å². The van der Waals surface area contributed by atoms with Crippen LogP contribution in [0.15, 0.2) is 311 Å². The zero-order valence-electron chi connectivity index (χ0n) is 53.5. The minimum Gasteiger partial charge on any atom is -0.489 e. The van der Waals surface area contributed by atoms with Crippen LogP contribution in [0.25, 0.3) is 54.6 Å². The lowest BCUT2D eigenvalue weighted by Gasteiger charge is -2.20. The zero-order chi connectivity index (χ0) is 66.5. The SMILES string of the molecule is Cc1cc(=O)oc2cc(OCc3ccc(OC(c4ccccc4)c4ccccc4)cc3)ccc12.Cc1cc(=O)oc2cc(OCc3ccc(OCc4cc5ccccc5o4)cc3)ccc12.Cc1cc(=O)oc2cc(OCc3ccc(OCc4cccc5ccccc45)cc3)ccc12. The van der Waals surface area contributed by atoms with Gasteiger partial charge in [-0.15, -0.1) is 0 Å². The fraction of sp³-hybridized carbons (Fsp3) is 0.107. The summed E-state index contributed by atoms with van der Waals surface area (Å²) in [6.07, 6.45) is -0.194. The van der Waals surface area contributed by atoms with Crippen molar-refractivity contribution in [3.8, 4) is 34.5 Å². The van der Waals surface area contributed by atoms with Gasteiger partial charge in [0, 0.05) is 57.9 Å². The minimum absolute atomic E-state index is 0.194. The van der Waals surface area contributed by atoms with Gasteiger partial charge in [0.25, 0.3) is 0 Å². The summed E-state index contributed by atoms with van der Waals surface area (Å²) < 4.78 is 57.6. The first-order valence-electron chi connectivity index (χ1n) is 31.7. The average Bonchev–Trinajstić information content (AvgIpc) is 1.77. The highest BCUT2D eigenvalue weighted by Crippen LogP contribution is 2.32. The number of ether oxygens (including phenoxy) is 6. The highest BCUT2D eigenvalue weighted by molar-refractivity contribution is 5.86. The third-order valence-corrected chi connectivity index (χ3v) is 16.3. The molecule has 480 valence electrons. The molecule has 11 aromatic carbocycles. The van der Waals surface area contributed by atoms with E-state index in [4.69, 9.17) is 46.1 Å². The fourth-order valence-electron chi connectivity index (χ4n) is 11.3. The molecule has 0 amide bonds. The van der Waals surface area contributed by atoms with Crippen LogP contribution in [0.1, 0.15) is 61.9 Å². The molecule has 15 rings (SSSR count). The molecule has 0 fully saturated rings. The van der Waals surface area contributed by atoms with Crippen molar-refractivity contribution in [3.05, 3.63) is 366 Å². The van der Waals surface area contributed by atoms with Gasteiger partial charge in [0.1, 0.15) is 102 Å². The Morgan fingerprint density at radius 3 is 1.13 bits per heavy atom. The van der Waals surface area contributed by atoms with E-state index in [1.54, 1.807) is 18.2 Å². The highest BCUT2D eigenvalue weighted by Gasteiger charge is 2.17. The largest absolute Gasteiger partial charge is 0.489 e. The number of rotatable bonds is 19. The van der Waals surface area contributed by atoms with E-state index >= 15 is 0 Å². The molecule has 4 aromatic heterocycles. The third kappa shape index (κ3) is 16.2. The summed E-state index contributed by atoms with van der Waals surface area (Å²) >= 11 is 0. The second-order valence-corrected chi connectivity index (χ2v) is 23.3. The Labute approximate surface area is 558 Å². The molecule has 0 unspecified atom stereocenters. The highest BCUT2D eigenvalue weighted by atomic mass is 16.5. The molecule has 0 spiro atoms. The Bertz CT molecular complexity index is 5290. The van der Waals surface area contributed by atoms with Crippen molar-refractivity contribution in [2.75, 3.05) is 0 Å². The second kappa shape index (κ2) is 29.7. The number of hydrogen-bond acceptors (Lipinski definition) is 13. The van der Waals surface area contributed by atoms with E-state index in [9.17, 15) is 14.4 Å². The van der Waals surface area contributed by atoms with Gasteiger partial charge >= 0.3 is 16.9 Å². The predicted molar refractivity (Wildman–Crippen MR) is 378 cm³/mol. The summed E-state index contributed by atoms with van der Waals surface area (Å²) in [7, 11) is 0. The van der Waals surface area contributed by atoms with E-state index in [1.807, 2.05) is 209 Å². The molecule has 0 saturated carbocycles. The molecular formula is C84H66O13. The monoisotopic (exact) mass is 1280 g/mol. The van der Waals surface area contributed by atoms with E-state index in [0.717, 1.165) is 100 Å². The van der Waals surface area contributed by atoms with Crippen molar-refractivity contribution in [3.63, 3.8) is 0 Å². The smallest absolute Gasteiger partial charge is 0.336 e. The van der Waals surface area contributed by atoms with Gasteiger partial charge in [-0.25, -0.2) is 14.4 Å². The Hall–Kier alpha value is -12.4.